The van der Waals surface area contributed by atoms with Crippen LogP contribution < -0.4 is 20.3 Å². The van der Waals surface area contributed by atoms with Crippen molar-refractivity contribution in [2.75, 3.05) is 17.7 Å². The van der Waals surface area contributed by atoms with Gasteiger partial charge in [0.1, 0.15) is 5.75 Å². The van der Waals surface area contributed by atoms with Crippen molar-refractivity contribution in [3.8, 4) is 17.0 Å². The van der Waals surface area contributed by atoms with Gasteiger partial charge in [0.2, 0.25) is 5.16 Å². The number of thioether (sulfide) groups is 1. The molecule has 0 bridgehead atoms. The second-order valence-corrected chi connectivity index (χ2v) is 8.89. The molecule has 9 heteroatoms. The van der Waals surface area contributed by atoms with E-state index in [4.69, 9.17) is 14.9 Å². The summed E-state index contributed by atoms with van der Waals surface area (Å²) < 4.78 is 6.98. The third-order valence-electron chi connectivity index (χ3n) is 5.38. The van der Waals surface area contributed by atoms with E-state index in [1.807, 2.05) is 36.4 Å². The molecule has 0 saturated carbocycles. The molecule has 1 aliphatic rings. The summed E-state index contributed by atoms with van der Waals surface area (Å²) in [5.41, 5.74) is 2.83. The van der Waals surface area contributed by atoms with Crippen LogP contribution in [0.2, 0.25) is 0 Å². The highest BCUT2D eigenvalue weighted by molar-refractivity contribution is 7.99. The average molecular weight is 468 g/mol. The molecule has 3 aromatic rings. The number of anilines is 1. The number of carbonyl (C=O) groups is 1. The predicted molar refractivity (Wildman–Crippen MR) is 127 cm³/mol. The number of hydrogen-bond acceptors (Lipinski definition) is 6. The van der Waals surface area contributed by atoms with Crippen molar-refractivity contribution in [1.29, 1.82) is 0 Å². The normalized spacial score (nSPS) is 14.2. The fraction of sp³-hybridized carbons (Fsp3) is 0.333. The summed E-state index contributed by atoms with van der Waals surface area (Å²) in [6.45, 7) is 1.78. The van der Waals surface area contributed by atoms with Crippen molar-refractivity contribution < 1.29 is 19.3 Å². The minimum atomic E-state index is -1.03. The molecule has 0 amide bonds. The van der Waals surface area contributed by atoms with E-state index in [0.29, 0.717) is 16.6 Å². The van der Waals surface area contributed by atoms with Crippen LogP contribution in [-0.4, -0.2) is 33.5 Å². The topological polar surface area (TPSA) is 108 Å². The Morgan fingerprint density at radius 2 is 1.94 bits per heavy atom. The van der Waals surface area contributed by atoms with Crippen LogP contribution in [-0.2, 0) is 4.79 Å². The number of unbranched alkanes of at least 4 members (excludes halogenated alkanes) is 3. The second-order valence-electron chi connectivity index (χ2n) is 7.81. The van der Waals surface area contributed by atoms with Crippen molar-refractivity contribution in [2.24, 2.45) is 0 Å². The van der Waals surface area contributed by atoms with Crippen molar-refractivity contribution in [3.63, 3.8) is 0 Å². The first-order chi connectivity index (χ1) is 16.1. The Morgan fingerprint density at radius 3 is 2.70 bits per heavy atom. The first-order valence-corrected chi connectivity index (χ1v) is 12.0. The lowest BCUT2D eigenvalue weighted by atomic mass is 10.0. The summed E-state index contributed by atoms with van der Waals surface area (Å²) >= 11 is 1.56. The van der Waals surface area contributed by atoms with Crippen molar-refractivity contribution in [1.82, 2.24) is 10.1 Å². The van der Waals surface area contributed by atoms with Crippen LogP contribution in [0.1, 0.15) is 44.3 Å². The zero-order chi connectivity index (χ0) is 23.2. The van der Waals surface area contributed by atoms with Gasteiger partial charge in [-0.1, -0.05) is 50.1 Å². The number of aromatic nitrogens is 3. The van der Waals surface area contributed by atoms with Gasteiger partial charge in [-0.25, -0.2) is 4.79 Å². The standard InChI is InChI=1S/C24H26N4O4S/c1-2-3-4-7-14-33-24-26-23(31)21-18-8-5-6-9-19(18)25-22(28(21)27-24)16-10-12-17(13-11-16)32-15-20(29)30/h5-6,8-13,22H,2-4,7,14-15H2,1H3,(H2,26,27,29,30,31)/p+1/t22-/m0/s1. The molecule has 0 saturated heterocycles. The highest BCUT2D eigenvalue weighted by atomic mass is 32.2. The molecule has 2 aromatic carbocycles. The minimum absolute atomic E-state index is 0.179. The van der Waals surface area contributed by atoms with Gasteiger partial charge in [0.05, 0.1) is 11.3 Å². The molecule has 1 aliphatic heterocycles. The van der Waals surface area contributed by atoms with E-state index in [9.17, 15) is 9.59 Å². The number of rotatable bonds is 10. The molecule has 0 spiro atoms. The number of H-pyrrole nitrogens is 1. The maximum atomic E-state index is 13.1. The lowest BCUT2D eigenvalue weighted by molar-refractivity contribution is -0.759. The molecule has 0 unspecified atom stereocenters. The van der Waals surface area contributed by atoms with Gasteiger partial charge in [0.15, 0.2) is 6.61 Å². The SMILES string of the molecule is CCCCCCSc1n[n+]2c(c(=O)[nH]1)-c1ccccc1N[C@@H]2c1ccc(OCC(=O)O)cc1. The Hall–Kier alpha value is -3.33. The van der Waals surface area contributed by atoms with E-state index in [1.165, 1.54) is 19.3 Å². The smallest absolute Gasteiger partial charge is 0.341 e. The zero-order valence-corrected chi connectivity index (χ0v) is 19.2. The Balaban J connectivity index is 1.66. The zero-order valence-electron chi connectivity index (χ0n) is 18.4. The van der Waals surface area contributed by atoms with Crippen LogP contribution in [0.5, 0.6) is 5.75 Å². The Labute approximate surface area is 196 Å². The maximum absolute atomic E-state index is 13.1. The van der Waals surface area contributed by atoms with Gasteiger partial charge in [0.25, 0.3) is 6.17 Å². The Kier molecular flexibility index (Phi) is 7.29. The van der Waals surface area contributed by atoms with Crippen molar-refractivity contribution in [2.45, 2.75) is 43.9 Å². The van der Waals surface area contributed by atoms with Crippen LogP contribution in [0.25, 0.3) is 11.3 Å². The van der Waals surface area contributed by atoms with Gasteiger partial charge >= 0.3 is 17.2 Å². The van der Waals surface area contributed by atoms with Gasteiger partial charge < -0.3 is 15.2 Å². The number of para-hydroxylation sites is 1. The number of ether oxygens (including phenoxy) is 1. The van der Waals surface area contributed by atoms with Crippen LogP contribution in [0.15, 0.2) is 58.5 Å². The summed E-state index contributed by atoms with van der Waals surface area (Å²) in [6, 6.07) is 14.8. The first kappa shape index (κ1) is 22.8. The van der Waals surface area contributed by atoms with Gasteiger partial charge in [-0.3, -0.25) is 9.78 Å². The van der Waals surface area contributed by atoms with Gasteiger partial charge in [0, 0.05) is 16.4 Å². The van der Waals surface area contributed by atoms with Crippen LogP contribution in [0, 0.1) is 0 Å². The molecule has 33 heavy (non-hydrogen) atoms. The summed E-state index contributed by atoms with van der Waals surface area (Å²) in [7, 11) is 0. The van der Waals surface area contributed by atoms with Gasteiger partial charge in [-0.05, 0) is 47.5 Å². The number of nitrogens with zero attached hydrogens (tertiary/aromatic N) is 2. The predicted octanol–water partition coefficient (Wildman–Crippen LogP) is 3.83. The Morgan fingerprint density at radius 1 is 1.15 bits per heavy atom. The van der Waals surface area contributed by atoms with Crippen LogP contribution >= 0.6 is 11.8 Å². The summed E-state index contributed by atoms with van der Waals surface area (Å²) in [5.74, 6) is 0.328. The number of nitrogens with one attached hydrogen (secondary N) is 2. The lowest BCUT2D eigenvalue weighted by Crippen LogP contribution is -2.55. The maximum Gasteiger partial charge on any atom is 0.341 e. The number of carboxylic acid groups (broad SMARTS) is 1. The molecular weight excluding hydrogens is 440 g/mol. The fourth-order valence-corrected chi connectivity index (χ4v) is 4.62. The second kappa shape index (κ2) is 10.5. The number of fused-ring (bicyclic) bond motifs is 3. The molecule has 0 fully saturated rings. The minimum Gasteiger partial charge on any atom is -0.482 e. The van der Waals surface area contributed by atoms with Crippen molar-refractivity contribution >= 4 is 23.4 Å². The summed E-state index contributed by atoms with van der Waals surface area (Å²) in [6.07, 6.45) is 4.23. The third-order valence-corrected chi connectivity index (χ3v) is 6.33. The molecule has 4 rings (SSSR count). The van der Waals surface area contributed by atoms with E-state index in [-0.39, 0.29) is 5.56 Å². The number of carboxylic acids is 1. The average Bonchev–Trinajstić information content (AvgIpc) is 2.82. The van der Waals surface area contributed by atoms with Gasteiger partial charge in [-0.15, -0.1) is 0 Å². The summed E-state index contributed by atoms with van der Waals surface area (Å²) in [4.78, 5) is 26.8. The molecule has 3 N–H and O–H groups in total. The molecule has 1 aromatic heterocycles. The quantitative estimate of drug-likeness (QED) is 0.236. The van der Waals surface area contributed by atoms with Crippen LogP contribution in [0.4, 0.5) is 5.69 Å². The van der Waals surface area contributed by atoms with E-state index >= 15 is 0 Å². The highest BCUT2D eigenvalue weighted by Gasteiger charge is 2.37. The highest BCUT2D eigenvalue weighted by Crippen LogP contribution is 2.32. The first-order valence-electron chi connectivity index (χ1n) is 11.1. The Bertz CT molecular complexity index is 1180. The van der Waals surface area contributed by atoms with Gasteiger partial charge in [-0.2, -0.15) is 0 Å². The van der Waals surface area contributed by atoms with E-state index < -0.39 is 18.7 Å². The molecular formula is C24H27N4O4S+. The van der Waals surface area contributed by atoms with Crippen molar-refractivity contribution in [3.05, 3.63) is 64.4 Å². The van der Waals surface area contributed by atoms with E-state index in [2.05, 4.69) is 17.2 Å². The van der Waals surface area contributed by atoms with E-state index in [0.717, 1.165) is 29.0 Å². The molecule has 2 heterocycles. The van der Waals surface area contributed by atoms with Crippen LogP contribution in [0.3, 0.4) is 0 Å². The molecule has 0 aliphatic carbocycles. The molecule has 1 atom stereocenters. The monoisotopic (exact) mass is 467 g/mol. The number of aromatic amines is 1. The third kappa shape index (κ3) is 5.36. The molecule has 8 nitrogen and oxygen atoms in total. The molecule has 172 valence electrons. The fourth-order valence-electron chi connectivity index (χ4n) is 3.77. The largest absolute Gasteiger partial charge is 0.482 e. The number of hydrogen-bond donors (Lipinski definition) is 3. The molecule has 0 radical (unpaired) electrons. The number of benzene rings is 2. The lowest BCUT2D eigenvalue weighted by Gasteiger charge is -2.22. The number of aliphatic carboxylic acids is 1. The van der Waals surface area contributed by atoms with E-state index in [1.54, 1.807) is 28.6 Å². The summed E-state index contributed by atoms with van der Waals surface area (Å²) in [5, 5.41) is 17.7.